The molecule has 3 aliphatic rings. The van der Waals surface area contributed by atoms with Crippen molar-refractivity contribution in [1.29, 1.82) is 0 Å². The van der Waals surface area contributed by atoms with Crippen LogP contribution in [0.4, 0.5) is 0 Å². The van der Waals surface area contributed by atoms with Crippen LogP contribution in [-0.4, -0.2) is 71.8 Å². The van der Waals surface area contributed by atoms with Gasteiger partial charge in [-0.3, -0.25) is 14.8 Å². The van der Waals surface area contributed by atoms with Crippen LogP contribution in [0.25, 0.3) is 0 Å². The smallest absolute Gasteiger partial charge is 0.243 e. The van der Waals surface area contributed by atoms with Crippen molar-refractivity contribution in [3.8, 4) is 0 Å². The van der Waals surface area contributed by atoms with Gasteiger partial charge in [-0.2, -0.15) is 0 Å². The van der Waals surface area contributed by atoms with E-state index in [1.165, 1.54) is 0 Å². The predicted molar refractivity (Wildman–Crippen MR) is 165 cm³/mol. The Morgan fingerprint density at radius 2 is 1.44 bits per heavy atom. The van der Waals surface area contributed by atoms with Gasteiger partial charge in [0.15, 0.2) is 12.1 Å². The first-order valence-electron chi connectivity index (χ1n) is 16.2. The molecule has 2 aromatic rings. The van der Waals surface area contributed by atoms with E-state index in [1.807, 2.05) is 48.5 Å². The Balaban J connectivity index is 1.13. The molecule has 3 heterocycles. The van der Waals surface area contributed by atoms with E-state index in [9.17, 15) is 14.7 Å². The topological polar surface area (TPSA) is 139 Å². The average Bonchev–Trinajstić information content (AvgIpc) is 3.54. The second kappa shape index (κ2) is 16.6. The quantitative estimate of drug-likeness (QED) is 0.139. The standard InChI is InChI=1S/C34H47N3O8/c38-24-26-9-11-27(12-10-26)30-21-29(23-37-17-15-34(16-18-37)42-19-20-43-34)44-33(45-30)28-13-7-25(8-14-28)22-35-31(39)5-3-1-2-4-6-32(40)36-41/h7-14,29-30,33,38,41H,1-6,15-24H2,(H,35,39)(H,36,40). The van der Waals surface area contributed by atoms with Crippen molar-refractivity contribution in [2.75, 3.05) is 32.8 Å². The number of carbonyl (C=O) groups excluding carboxylic acids is 2. The minimum absolute atomic E-state index is 0.00119. The summed E-state index contributed by atoms with van der Waals surface area (Å²) in [6.07, 6.45) is 5.60. The molecular weight excluding hydrogens is 578 g/mol. The molecule has 0 saturated carbocycles. The van der Waals surface area contributed by atoms with Gasteiger partial charge in [0, 0.05) is 63.8 Å². The van der Waals surface area contributed by atoms with Crippen LogP contribution in [0.2, 0.25) is 0 Å². The maximum atomic E-state index is 12.3. The number of likely N-dealkylation sites (tertiary alicyclic amines) is 1. The fraction of sp³-hybridized carbons (Fsp3) is 0.588. The largest absolute Gasteiger partial charge is 0.392 e. The SMILES string of the molecule is O=C(CCCCCCC(=O)NCc1ccc(C2OC(CN3CCC4(CC3)OCCO4)CC(c3ccc(CO)cc3)O2)cc1)NO. The summed E-state index contributed by atoms with van der Waals surface area (Å²) in [4.78, 5) is 25.8. The average molecular weight is 626 g/mol. The summed E-state index contributed by atoms with van der Waals surface area (Å²) in [7, 11) is 0. The van der Waals surface area contributed by atoms with Crippen molar-refractivity contribution in [2.24, 2.45) is 0 Å². The normalized spacial score (nSPS) is 23.2. The van der Waals surface area contributed by atoms with Crippen LogP contribution < -0.4 is 10.8 Å². The highest BCUT2D eigenvalue weighted by molar-refractivity contribution is 5.75. The Hall–Kier alpha value is -2.90. The van der Waals surface area contributed by atoms with Crippen molar-refractivity contribution in [3.63, 3.8) is 0 Å². The number of hydrogen-bond donors (Lipinski definition) is 4. The number of piperidine rings is 1. The van der Waals surface area contributed by atoms with E-state index in [1.54, 1.807) is 5.48 Å². The van der Waals surface area contributed by atoms with Crippen molar-refractivity contribution >= 4 is 11.8 Å². The minimum atomic E-state index is -0.531. The van der Waals surface area contributed by atoms with Crippen molar-refractivity contribution < 1.29 is 38.9 Å². The summed E-state index contributed by atoms with van der Waals surface area (Å²) in [5.41, 5.74) is 5.47. The van der Waals surface area contributed by atoms with E-state index in [4.69, 9.17) is 24.2 Å². The van der Waals surface area contributed by atoms with Crippen LogP contribution in [0.15, 0.2) is 48.5 Å². The van der Waals surface area contributed by atoms with Crippen molar-refractivity contribution in [2.45, 2.75) is 95.2 Å². The monoisotopic (exact) mass is 625 g/mol. The molecule has 1 spiro atoms. The second-order valence-corrected chi connectivity index (χ2v) is 12.2. The first-order valence-corrected chi connectivity index (χ1v) is 16.2. The lowest BCUT2D eigenvalue weighted by molar-refractivity contribution is -0.255. The summed E-state index contributed by atoms with van der Waals surface area (Å²) in [6.45, 7) is 4.37. The molecular formula is C34H47N3O8. The Morgan fingerprint density at radius 1 is 0.822 bits per heavy atom. The van der Waals surface area contributed by atoms with E-state index in [-0.39, 0.29) is 30.6 Å². The lowest BCUT2D eigenvalue weighted by atomic mass is 9.98. The lowest BCUT2D eigenvalue weighted by Crippen LogP contribution is -2.48. The number of ether oxygens (including phenoxy) is 4. The van der Waals surface area contributed by atoms with Gasteiger partial charge in [-0.15, -0.1) is 0 Å². The molecule has 11 heteroatoms. The van der Waals surface area contributed by atoms with Crippen LogP contribution >= 0.6 is 0 Å². The molecule has 3 fully saturated rings. The highest BCUT2D eigenvalue weighted by Gasteiger charge is 2.41. The van der Waals surface area contributed by atoms with Crippen LogP contribution in [-0.2, 0) is 41.7 Å². The van der Waals surface area contributed by atoms with Gasteiger partial charge in [0.2, 0.25) is 11.8 Å². The van der Waals surface area contributed by atoms with E-state index in [2.05, 4.69) is 10.2 Å². The van der Waals surface area contributed by atoms with Crippen LogP contribution in [0, 0.1) is 0 Å². The van der Waals surface area contributed by atoms with Gasteiger partial charge in [-0.1, -0.05) is 61.4 Å². The summed E-state index contributed by atoms with van der Waals surface area (Å²) in [5.74, 6) is -0.788. The molecule has 3 atom stereocenters. The Bertz CT molecular complexity index is 1210. The molecule has 246 valence electrons. The van der Waals surface area contributed by atoms with Gasteiger partial charge in [-0.25, -0.2) is 5.48 Å². The number of hydrogen-bond acceptors (Lipinski definition) is 9. The van der Waals surface area contributed by atoms with Gasteiger partial charge < -0.3 is 34.3 Å². The lowest BCUT2D eigenvalue weighted by Gasteiger charge is -2.41. The Kier molecular flexibility index (Phi) is 12.3. The molecule has 0 aliphatic carbocycles. The van der Waals surface area contributed by atoms with Gasteiger partial charge in [-0.05, 0) is 29.5 Å². The van der Waals surface area contributed by atoms with E-state index in [0.29, 0.717) is 39.0 Å². The minimum Gasteiger partial charge on any atom is -0.392 e. The van der Waals surface area contributed by atoms with E-state index in [0.717, 1.165) is 80.4 Å². The number of aliphatic hydroxyl groups excluding tert-OH is 1. The first-order chi connectivity index (χ1) is 21.9. The third-order valence-electron chi connectivity index (χ3n) is 8.93. The van der Waals surface area contributed by atoms with Gasteiger partial charge in [0.25, 0.3) is 0 Å². The predicted octanol–water partition coefficient (Wildman–Crippen LogP) is 4.03. The summed E-state index contributed by atoms with van der Waals surface area (Å²) in [6, 6.07) is 15.9. The molecule has 0 bridgehead atoms. The zero-order valence-electron chi connectivity index (χ0n) is 26.0. The first kappa shape index (κ1) is 33.5. The molecule has 45 heavy (non-hydrogen) atoms. The van der Waals surface area contributed by atoms with Crippen LogP contribution in [0.1, 0.15) is 92.4 Å². The van der Waals surface area contributed by atoms with Gasteiger partial charge >= 0.3 is 0 Å². The fourth-order valence-corrected chi connectivity index (χ4v) is 6.25. The number of carbonyl (C=O) groups is 2. The summed E-state index contributed by atoms with van der Waals surface area (Å²) >= 11 is 0. The third kappa shape index (κ3) is 9.79. The van der Waals surface area contributed by atoms with Crippen molar-refractivity contribution in [1.82, 2.24) is 15.7 Å². The molecule has 0 radical (unpaired) electrons. The molecule has 3 aliphatic heterocycles. The molecule has 5 rings (SSSR count). The number of unbranched alkanes of at least 4 members (excludes halogenated alkanes) is 3. The molecule has 2 amide bonds. The van der Waals surface area contributed by atoms with Crippen LogP contribution in [0.3, 0.4) is 0 Å². The molecule has 2 aromatic carbocycles. The van der Waals surface area contributed by atoms with Gasteiger partial charge in [0.1, 0.15) is 0 Å². The molecule has 3 unspecified atom stereocenters. The van der Waals surface area contributed by atoms with E-state index >= 15 is 0 Å². The molecule has 3 saturated heterocycles. The molecule has 11 nitrogen and oxygen atoms in total. The summed E-state index contributed by atoms with van der Waals surface area (Å²) in [5, 5.41) is 21.0. The van der Waals surface area contributed by atoms with E-state index < -0.39 is 12.1 Å². The highest BCUT2D eigenvalue weighted by atomic mass is 16.7. The zero-order valence-corrected chi connectivity index (χ0v) is 26.0. The molecule has 4 N–H and O–H groups in total. The Labute approximate surface area is 265 Å². The Morgan fingerprint density at radius 3 is 2.09 bits per heavy atom. The number of rotatable bonds is 14. The van der Waals surface area contributed by atoms with Crippen molar-refractivity contribution in [3.05, 3.63) is 70.8 Å². The number of amides is 2. The maximum absolute atomic E-state index is 12.3. The number of hydroxylamine groups is 1. The number of nitrogens with zero attached hydrogens (tertiary/aromatic N) is 1. The van der Waals surface area contributed by atoms with Crippen LogP contribution in [0.5, 0.6) is 0 Å². The zero-order chi connectivity index (χ0) is 31.5. The number of aliphatic hydroxyl groups is 1. The number of nitrogens with one attached hydrogen (secondary N) is 2. The molecule has 0 aromatic heterocycles. The number of benzene rings is 2. The second-order valence-electron chi connectivity index (χ2n) is 12.2. The fourth-order valence-electron chi connectivity index (χ4n) is 6.25. The third-order valence-corrected chi connectivity index (χ3v) is 8.93. The maximum Gasteiger partial charge on any atom is 0.243 e. The van der Waals surface area contributed by atoms with Gasteiger partial charge in [0.05, 0.1) is 32.0 Å². The highest BCUT2D eigenvalue weighted by Crippen LogP contribution is 2.39. The summed E-state index contributed by atoms with van der Waals surface area (Å²) < 4.78 is 24.9.